The molecule has 0 fully saturated rings. The minimum Gasteiger partial charge on any atom is -0.462 e. The molecular formula is C10H11N5O3S. The molecule has 0 atom stereocenters. The highest BCUT2D eigenvalue weighted by atomic mass is 32.1. The van der Waals surface area contributed by atoms with Crippen LogP contribution in [0.5, 0.6) is 0 Å². The predicted octanol–water partition coefficient (Wildman–Crippen LogP) is 0.490. The molecule has 9 heteroatoms. The molecule has 0 radical (unpaired) electrons. The lowest BCUT2D eigenvalue weighted by Gasteiger charge is -2.02. The maximum Gasteiger partial charge on any atom is 0.343 e. The molecule has 0 spiro atoms. The average molecular weight is 281 g/mol. The van der Waals surface area contributed by atoms with Gasteiger partial charge in [-0.3, -0.25) is 4.79 Å². The zero-order valence-corrected chi connectivity index (χ0v) is 11.1. The lowest BCUT2D eigenvalue weighted by molar-refractivity contribution is 0.0527. The molecule has 0 saturated heterocycles. The second-order valence-electron chi connectivity index (χ2n) is 3.57. The van der Waals surface area contributed by atoms with Crippen LogP contribution in [0.25, 0.3) is 0 Å². The number of nitrogen functional groups attached to an aromatic ring is 1. The second-order valence-corrected chi connectivity index (χ2v) is 4.32. The zero-order chi connectivity index (χ0) is 14.0. The van der Waals surface area contributed by atoms with E-state index in [1.165, 1.54) is 6.20 Å². The van der Waals surface area contributed by atoms with Gasteiger partial charge in [-0.1, -0.05) is 4.49 Å². The lowest BCUT2D eigenvalue weighted by Crippen LogP contribution is -2.17. The average Bonchev–Trinajstić information content (AvgIpc) is 2.95. The molecule has 0 aliphatic heterocycles. The summed E-state index contributed by atoms with van der Waals surface area (Å²) >= 11 is 0.946. The van der Waals surface area contributed by atoms with Crippen LogP contribution in [-0.4, -0.2) is 37.9 Å². The van der Waals surface area contributed by atoms with Crippen molar-refractivity contribution in [2.45, 2.75) is 13.8 Å². The van der Waals surface area contributed by atoms with Crippen LogP contribution < -0.4 is 5.73 Å². The Balaban J connectivity index is 2.35. The molecule has 19 heavy (non-hydrogen) atoms. The number of nitrogens with two attached hydrogens (primary N) is 1. The van der Waals surface area contributed by atoms with E-state index >= 15 is 0 Å². The number of esters is 1. The van der Waals surface area contributed by atoms with Gasteiger partial charge in [0.05, 0.1) is 18.5 Å². The smallest absolute Gasteiger partial charge is 0.343 e. The summed E-state index contributed by atoms with van der Waals surface area (Å²) in [5.41, 5.74) is 6.28. The van der Waals surface area contributed by atoms with Crippen LogP contribution in [0.15, 0.2) is 6.20 Å². The molecule has 8 nitrogen and oxygen atoms in total. The van der Waals surface area contributed by atoms with Crippen molar-refractivity contribution in [2.75, 3.05) is 12.3 Å². The molecular weight excluding hydrogens is 270 g/mol. The maximum absolute atomic E-state index is 12.1. The minimum atomic E-state index is -0.613. The molecule has 0 amide bonds. The van der Waals surface area contributed by atoms with Gasteiger partial charge in [0.25, 0.3) is 5.91 Å². The van der Waals surface area contributed by atoms with Crippen molar-refractivity contribution >= 4 is 29.2 Å². The van der Waals surface area contributed by atoms with E-state index in [1.807, 2.05) is 0 Å². The van der Waals surface area contributed by atoms with Crippen molar-refractivity contribution in [3.8, 4) is 0 Å². The third-order valence-corrected chi connectivity index (χ3v) is 3.16. The molecule has 100 valence electrons. The van der Waals surface area contributed by atoms with Gasteiger partial charge >= 0.3 is 5.97 Å². The Kier molecular flexibility index (Phi) is 3.56. The Hall–Kier alpha value is -2.29. The highest BCUT2D eigenvalue weighted by Crippen LogP contribution is 2.17. The van der Waals surface area contributed by atoms with Gasteiger partial charge in [-0.15, -0.1) is 5.10 Å². The Bertz CT molecular complexity index is 633. The molecule has 2 heterocycles. The molecule has 2 aromatic rings. The summed E-state index contributed by atoms with van der Waals surface area (Å²) in [5.74, 6) is -1.14. The minimum absolute atomic E-state index is 0.0590. The fraction of sp³-hybridized carbons (Fsp3) is 0.300. The third-order valence-electron chi connectivity index (χ3n) is 2.34. The first kappa shape index (κ1) is 13.1. The second kappa shape index (κ2) is 5.14. The van der Waals surface area contributed by atoms with E-state index in [9.17, 15) is 9.59 Å². The van der Waals surface area contributed by atoms with Gasteiger partial charge in [0, 0.05) is 0 Å². The molecule has 2 rings (SSSR count). The highest BCUT2D eigenvalue weighted by molar-refractivity contribution is 7.08. The number of aromatic nitrogens is 4. The van der Waals surface area contributed by atoms with Crippen molar-refractivity contribution in [1.29, 1.82) is 0 Å². The Morgan fingerprint density at radius 3 is 2.84 bits per heavy atom. The first-order chi connectivity index (χ1) is 9.06. The van der Waals surface area contributed by atoms with Crippen molar-refractivity contribution in [3.05, 3.63) is 22.3 Å². The van der Waals surface area contributed by atoms with Crippen LogP contribution in [-0.2, 0) is 4.74 Å². The van der Waals surface area contributed by atoms with Gasteiger partial charge in [0.15, 0.2) is 0 Å². The Labute approximate surface area is 112 Å². The molecule has 0 aliphatic rings. The van der Waals surface area contributed by atoms with Gasteiger partial charge in [-0.25, -0.2) is 4.79 Å². The van der Waals surface area contributed by atoms with E-state index in [1.54, 1.807) is 13.8 Å². The summed E-state index contributed by atoms with van der Waals surface area (Å²) in [6.07, 6.45) is 1.20. The number of nitrogens with zero attached hydrogens (tertiary/aromatic N) is 4. The zero-order valence-electron chi connectivity index (χ0n) is 10.3. The van der Waals surface area contributed by atoms with Crippen LogP contribution in [0.4, 0.5) is 5.82 Å². The van der Waals surface area contributed by atoms with Crippen molar-refractivity contribution in [3.63, 3.8) is 0 Å². The Morgan fingerprint density at radius 1 is 1.53 bits per heavy atom. The molecule has 2 N–H and O–H groups in total. The van der Waals surface area contributed by atoms with Crippen LogP contribution >= 0.6 is 11.5 Å². The summed E-state index contributed by atoms with van der Waals surface area (Å²) < 4.78 is 9.42. The number of carbonyl (C=O) groups is 2. The van der Waals surface area contributed by atoms with Crippen molar-refractivity contribution in [2.24, 2.45) is 0 Å². The van der Waals surface area contributed by atoms with E-state index in [-0.39, 0.29) is 18.0 Å². The van der Waals surface area contributed by atoms with Gasteiger partial charge in [0.1, 0.15) is 16.3 Å². The number of ether oxygens (including phenoxy) is 1. The summed E-state index contributed by atoms with van der Waals surface area (Å²) in [6, 6.07) is 0. The third kappa shape index (κ3) is 2.32. The molecule has 0 saturated carbocycles. The number of hydrogen-bond donors (Lipinski definition) is 1. The van der Waals surface area contributed by atoms with E-state index < -0.39 is 11.9 Å². The fourth-order valence-electron chi connectivity index (χ4n) is 1.41. The van der Waals surface area contributed by atoms with Gasteiger partial charge in [-0.2, -0.15) is 9.78 Å². The monoisotopic (exact) mass is 281 g/mol. The van der Waals surface area contributed by atoms with Crippen molar-refractivity contribution < 1.29 is 14.3 Å². The van der Waals surface area contributed by atoms with Crippen LogP contribution in [0.3, 0.4) is 0 Å². The van der Waals surface area contributed by atoms with Crippen LogP contribution in [0.2, 0.25) is 0 Å². The maximum atomic E-state index is 12.1. The molecule has 2 aromatic heterocycles. The normalized spacial score (nSPS) is 10.4. The van der Waals surface area contributed by atoms with Gasteiger partial charge in [0.2, 0.25) is 0 Å². The van der Waals surface area contributed by atoms with E-state index in [2.05, 4.69) is 14.7 Å². The topological polar surface area (TPSA) is 113 Å². The number of hydrogen-bond acceptors (Lipinski definition) is 8. The SMILES string of the molecule is CCOC(=O)c1cnn(C(=O)c2snnc2C)c1N. The molecule has 0 unspecified atom stereocenters. The van der Waals surface area contributed by atoms with E-state index in [0.717, 1.165) is 16.2 Å². The first-order valence-corrected chi connectivity index (χ1v) is 6.17. The first-order valence-electron chi connectivity index (χ1n) is 5.40. The lowest BCUT2D eigenvalue weighted by atomic mass is 10.3. The largest absolute Gasteiger partial charge is 0.462 e. The molecule has 0 aliphatic carbocycles. The van der Waals surface area contributed by atoms with Gasteiger partial charge in [-0.05, 0) is 25.4 Å². The van der Waals surface area contributed by atoms with Crippen LogP contribution in [0.1, 0.15) is 32.6 Å². The highest BCUT2D eigenvalue weighted by Gasteiger charge is 2.23. The van der Waals surface area contributed by atoms with E-state index in [0.29, 0.717) is 10.6 Å². The quantitative estimate of drug-likeness (QED) is 0.814. The van der Waals surface area contributed by atoms with E-state index in [4.69, 9.17) is 10.5 Å². The summed E-state index contributed by atoms with van der Waals surface area (Å²) in [7, 11) is 0. The molecule has 0 aromatic carbocycles. The fourth-order valence-corrected chi connectivity index (χ4v) is 1.99. The summed E-state index contributed by atoms with van der Waals surface area (Å²) in [5, 5.41) is 7.55. The summed E-state index contributed by atoms with van der Waals surface area (Å²) in [4.78, 5) is 24.0. The van der Waals surface area contributed by atoms with Crippen LogP contribution in [0, 0.1) is 6.92 Å². The predicted molar refractivity (Wildman–Crippen MR) is 67.0 cm³/mol. The number of anilines is 1. The standard InChI is InChI=1S/C10H11N5O3S/c1-3-18-10(17)6-4-12-15(8(6)11)9(16)7-5(2)13-14-19-7/h4H,3,11H2,1-2H3. The van der Waals surface area contributed by atoms with Gasteiger partial charge < -0.3 is 10.5 Å². The summed E-state index contributed by atoms with van der Waals surface area (Å²) in [6.45, 7) is 3.55. The van der Waals surface area contributed by atoms with Crippen molar-refractivity contribution in [1.82, 2.24) is 19.4 Å². The number of aryl methyl sites for hydroxylation is 1. The Morgan fingerprint density at radius 2 is 2.26 bits per heavy atom. The number of carbonyl (C=O) groups excluding carboxylic acids is 2. The number of rotatable bonds is 3. The molecule has 0 bridgehead atoms.